The summed E-state index contributed by atoms with van der Waals surface area (Å²) in [4.78, 5) is 43.0. The highest BCUT2D eigenvalue weighted by molar-refractivity contribution is 5.84. The number of carbonyl (C=O) groups is 3. The molecule has 1 aromatic heterocycles. The van der Waals surface area contributed by atoms with Gasteiger partial charge in [0.05, 0.1) is 0 Å². The third kappa shape index (κ3) is 8.95. The lowest BCUT2D eigenvalue weighted by molar-refractivity contribution is -0.142. The molecule has 2 heterocycles. The topological polar surface area (TPSA) is 109 Å². The molecule has 2 aromatic carbocycles. The van der Waals surface area contributed by atoms with Gasteiger partial charge in [-0.3, -0.25) is 14.6 Å². The highest BCUT2D eigenvalue weighted by Gasteiger charge is 2.26. The van der Waals surface area contributed by atoms with Gasteiger partial charge in [0, 0.05) is 44.7 Å². The lowest BCUT2D eigenvalue weighted by atomic mass is 9.92. The molecule has 8 nitrogen and oxygen atoms in total. The Morgan fingerprint density at radius 3 is 2.28 bits per heavy atom. The van der Waals surface area contributed by atoms with Crippen molar-refractivity contribution in [3.05, 3.63) is 95.8 Å². The Morgan fingerprint density at radius 1 is 0.923 bits per heavy atom. The van der Waals surface area contributed by atoms with Crippen LogP contribution in [0.15, 0.2) is 79.1 Å². The van der Waals surface area contributed by atoms with Gasteiger partial charge in [-0.25, -0.2) is 4.79 Å². The van der Waals surface area contributed by atoms with Gasteiger partial charge in [-0.2, -0.15) is 0 Å². The van der Waals surface area contributed by atoms with Crippen molar-refractivity contribution in [3.63, 3.8) is 0 Å². The summed E-state index contributed by atoms with van der Waals surface area (Å²) >= 11 is 0. The average Bonchev–Trinajstić information content (AvgIpc) is 2.96. The summed E-state index contributed by atoms with van der Waals surface area (Å²) in [5, 5.41) is 12.4. The number of ether oxygens (including phenoxy) is 1. The van der Waals surface area contributed by atoms with Crippen molar-refractivity contribution in [1.82, 2.24) is 15.2 Å². The number of nitrogens with zero attached hydrogens (tertiary/aromatic N) is 2. The average molecular weight is 530 g/mol. The van der Waals surface area contributed by atoms with Crippen LogP contribution in [0.2, 0.25) is 0 Å². The van der Waals surface area contributed by atoms with E-state index in [-0.39, 0.29) is 30.6 Å². The summed E-state index contributed by atoms with van der Waals surface area (Å²) in [6.07, 6.45) is 6.50. The van der Waals surface area contributed by atoms with Crippen LogP contribution in [-0.2, 0) is 33.8 Å². The van der Waals surface area contributed by atoms with E-state index in [2.05, 4.69) is 10.3 Å². The molecule has 2 amide bonds. The van der Waals surface area contributed by atoms with Crippen molar-refractivity contribution in [1.29, 1.82) is 0 Å². The Labute approximate surface area is 229 Å². The predicted octanol–water partition coefficient (Wildman–Crippen LogP) is 4.03. The quantitative estimate of drug-likeness (QED) is 0.367. The van der Waals surface area contributed by atoms with E-state index in [1.165, 1.54) is 0 Å². The minimum atomic E-state index is -1.07. The number of piperidine rings is 1. The molecule has 204 valence electrons. The lowest BCUT2D eigenvalue weighted by Gasteiger charge is -2.32. The third-order valence-corrected chi connectivity index (χ3v) is 7.06. The van der Waals surface area contributed by atoms with E-state index < -0.39 is 12.0 Å². The fourth-order valence-corrected chi connectivity index (χ4v) is 4.76. The number of rotatable bonds is 12. The minimum absolute atomic E-state index is 0.122. The first-order valence-electron chi connectivity index (χ1n) is 13.4. The van der Waals surface area contributed by atoms with Crippen LogP contribution in [0.4, 0.5) is 0 Å². The van der Waals surface area contributed by atoms with Crippen LogP contribution in [0.1, 0.15) is 42.4 Å². The van der Waals surface area contributed by atoms with Crippen LogP contribution in [0.25, 0.3) is 0 Å². The highest BCUT2D eigenvalue weighted by atomic mass is 16.5. The van der Waals surface area contributed by atoms with Crippen molar-refractivity contribution in [3.8, 4) is 5.75 Å². The largest absolute Gasteiger partial charge is 0.489 e. The zero-order chi connectivity index (χ0) is 27.5. The number of carboxylic acids is 1. The molecule has 1 saturated heterocycles. The summed E-state index contributed by atoms with van der Waals surface area (Å²) in [5.74, 6) is -0.391. The van der Waals surface area contributed by atoms with Crippen molar-refractivity contribution < 1.29 is 24.2 Å². The second-order valence-electron chi connectivity index (χ2n) is 9.96. The fraction of sp³-hybridized carbons (Fsp3) is 0.355. The molecule has 4 rings (SSSR count). The van der Waals surface area contributed by atoms with E-state index in [0.29, 0.717) is 38.3 Å². The molecule has 0 bridgehead atoms. The number of hydrogen-bond donors (Lipinski definition) is 2. The smallest absolute Gasteiger partial charge is 0.326 e. The van der Waals surface area contributed by atoms with E-state index in [9.17, 15) is 19.5 Å². The molecule has 39 heavy (non-hydrogen) atoms. The van der Waals surface area contributed by atoms with Crippen molar-refractivity contribution >= 4 is 17.8 Å². The molecule has 3 aromatic rings. The minimum Gasteiger partial charge on any atom is -0.489 e. The summed E-state index contributed by atoms with van der Waals surface area (Å²) < 4.78 is 5.79. The van der Waals surface area contributed by atoms with Crippen LogP contribution in [0.5, 0.6) is 5.75 Å². The van der Waals surface area contributed by atoms with E-state index >= 15 is 0 Å². The van der Waals surface area contributed by atoms with Crippen molar-refractivity contribution in [2.75, 3.05) is 13.1 Å². The molecule has 0 radical (unpaired) electrons. The van der Waals surface area contributed by atoms with E-state index in [0.717, 1.165) is 29.5 Å². The summed E-state index contributed by atoms with van der Waals surface area (Å²) in [6.45, 7) is 1.69. The molecule has 1 aliphatic rings. The normalized spacial score (nSPS) is 14.4. The monoisotopic (exact) mass is 529 g/mol. The standard InChI is InChI=1S/C31H35N3O5/c35-29(21-25-14-18-34(19-15-25)30(36)11-8-23-12-16-32-17-13-23)33-28(31(37)38)20-24-6-9-27(10-7-24)39-22-26-4-2-1-3-5-26/h1-7,9-10,12-13,16-17,25,28H,8,11,14-15,18-22H2,(H,33,35)(H,37,38)/t28-/m0/s1. The molecule has 8 heteroatoms. The molecule has 0 spiro atoms. The van der Waals surface area contributed by atoms with E-state index in [4.69, 9.17) is 4.74 Å². The summed E-state index contributed by atoms with van der Waals surface area (Å²) in [5.41, 5.74) is 2.95. The number of benzene rings is 2. The maximum absolute atomic E-state index is 12.7. The van der Waals surface area contributed by atoms with Gasteiger partial charge in [0.1, 0.15) is 18.4 Å². The summed E-state index contributed by atoms with van der Waals surface area (Å²) in [6, 6.07) is 19.9. The Bertz CT molecular complexity index is 1210. The number of aryl methyl sites for hydroxylation is 1. The Morgan fingerprint density at radius 2 is 1.62 bits per heavy atom. The number of likely N-dealkylation sites (tertiary alicyclic amines) is 1. The number of amides is 2. The first-order chi connectivity index (χ1) is 19.0. The molecule has 0 unspecified atom stereocenters. The number of aromatic nitrogens is 1. The maximum atomic E-state index is 12.7. The Hall–Kier alpha value is -4.20. The zero-order valence-electron chi connectivity index (χ0n) is 22.0. The number of aliphatic carboxylic acids is 1. The predicted molar refractivity (Wildman–Crippen MR) is 147 cm³/mol. The van der Waals surface area contributed by atoms with Crippen LogP contribution in [0, 0.1) is 5.92 Å². The second-order valence-corrected chi connectivity index (χ2v) is 9.96. The number of carbonyl (C=O) groups excluding carboxylic acids is 2. The first-order valence-corrected chi connectivity index (χ1v) is 13.4. The maximum Gasteiger partial charge on any atom is 0.326 e. The van der Waals surface area contributed by atoms with Crippen molar-refractivity contribution in [2.45, 2.75) is 51.2 Å². The zero-order valence-corrected chi connectivity index (χ0v) is 22.0. The van der Waals surface area contributed by atoms with E-state index in [1.54, 1.807) is 12.4 Å². The number of pyridine rings is 1. The lowest BCUT2D eigenvalue weighted by Crippen LogP contribution is -2.44. The molecule has 1 fully saturated rings. The van der Waals surface area contributed by atoms with Crippen LogP contribution in [-0.4, -0.2) is 51.9 Å². The van der Waals surface area contributed by atoms with Crippen molar-refractivity contribution in [2.24, 2.45) is 5.92 Å². The Balaban J connectivity index is 1.18. The van der Waals surface area contributed by atoms with Gasteiger partial charge in [-0.15, -0.1) is 0 Å². The van der Waals surface area contributed by atoms with Gasteiger partial charge in [-0.05, 0) is 66.1 Å². The second kappa shape index (κ2) is 14.1. The molecular formula is C31H35N3O5. The molecule has 1 aliphatic heterocycles. The van der Waals surface area contributed by atoms with Gasteiger partial charge >= 0.3 is 5.97 Å². The summed E-state index contributed by atoms with van der Waals surface area (Å²) in [7, 11) is 0. The molecule has 0 aliphatic carbocycles. The number of carboxylic acid groups (broad SMARTS) is 1. The number of nitrogens with one attached hydrogen (secondary N) is 1. The molecule has 0 saturated carbocycles. The molecule has 1 atom stereocenters. The van der Waals surface area contributed by atoms with Crippen LogP contribution in [0.3, 0.4) is 0 Å². The third-order valence-electron chi connectivity index (χ3n) is 7.06. The van der Waals surface area contributed by atoms with Gasteiger partial charge in [-0.1, -0.05) is 42.5 Å². The molecule has 2 N–H and O–H groups in total. The van der Waals surface area contributed by atoms with Gasteiger partial charge in [0.25, 0.3) is 0 Å². The van der Waals surface area contributed by atoms with Gasteiger partial charge < -0.3 is 20.1 Å². The highest BCUT2D eigenvalue weighted by Crippen LogP contribution is 2.22. The van der Waals surface area contributed by atoms with Gasteiger partial charge in [0.2, 0.25) is 11.8 Å². The Kier molecular flexibility index (Phi) is 10.1. The molecular weight excluding hydrogens is 494 g/mol. The van der Waals surface area contributed by atoms with Crippen LogP contribution < -0.4 is 10.1 Å². The fourth-order valence-electron chi connectivity index (χ4n) is 4.76. The number of hydrogen-bond acceptors (Lipinski definition) is 5. The SMILES string of the molecule is O=C(CC1CCN(C(=O)CCc2ccncc2)CC1)N[C@@H](Cc1ccc(OCc2ccccc2)cc1)C(=O)O. The van der Waals surface area contributed by atoms with E-state index in [1.807, 2.05) is 71.6 Å². The van der Waals surface area contributed by atoms with Crippen LogP contribution >= 0.6 is 0 Å². The van der Waals surface area contributed by atoms with Gasteiger partial charge in [0.15, 0.2) is 0 Å². The first kappa shape index (κ1) is 27.8.